The second-order valence-electron chi connectivity index (χ2n) is 2.86. The maximum absolute atomic E-state index is 11.1. The third-order valence-electron chi connectivity index (χ3n) is 1.69. The first-order valence-corrected chi connectivity index (χ1v) is 4.09. The summed E-state index contributed by atoms with van der Waals surface area (Å²) >= 11 is 0. The van der Waals surface area contributed by atoms with E-state index in [0.29, 0.717) is 13.2 Å². The summed E-state index contributed by atoms with van der Waals surface area (Å²) in [7, 11) is 0. The summed E-state index contributed by atoms with van der Waals surface area (Å²) in [6.07, 6.45) is 0. The van der Waals surface area contributed by atoms with Gasteiger partial charge in [0, 0.05) is 13.1 Å². The Hall–Kier alpha value is -0.650. The summed E-state index contributed by atoms with van der Waals surface area (Å²) in [5.74, 6) is -0.142. The maximum atomic E-state index is 11.1. The van der Waals surface area contributed by atoms with Gasteiger partial charge in [-0.25, -0.2) is 5.01 Å². The molecule has 1 heterocycles. The fourth-order valence-corrected chi connectivity index (χ4v) is 0.933. The molecule has 3 N–H and O–H groups in total. The second-order valence-corrected chi connectivity index (χ2v) is 2.86. The molecule has 0 aliphatic carbocycles. The molecule has 12 heavy (non-hydrogen) atoms. The van der Waals surface area contributed by atoms with Gasteiger partial charge < -0.3 is 10.5 Å². The number of ether oxygens (including phenoxy) is 1. The highest BCUT2D eigenvalue weighted by atomic mass is 16.5. The quantitative estimate of drug-likeness (QED) is 0.544. The van der Waals surface area contributed by atoms with Gasteiger partial charge in [0.2, 0.25) is 0 Å². The van der Waals surface area contributed by atoms with Crippen molar-refractivity contribution >= 4 is 5.91 Å². The minimum atomic E-state index is -0.451. The van der Waals surface area contributed by atoms with Gasteiger partial charge >= 0.3 is 0 Å². The third-order valence-corrected chi connectivity index (χ3v) is 1.69. The predicted molar refractivity (Wildman–Crippen MR) is 44.2 cm³/mol. The number of hydrazine groups is 1. The summed E-state index contributed by atoms with van der Waals surface area (Å²) in [5, 5.41) is 1.83. The largest absolute Gasteiger partial charge is 0.379 e. The van der Waals surface area contributed by atoms with E-state index in [-0.39, 0.29) is 5.91 Å². The van der Waals surface area contributed by atoms with E-state index >= 15 is 0 Å². The number of nitrogens with one attached hydrogen (secondary N) is 1. The van der Waals surface area contributed by atoms with Crippen molar-refractivity contribution < 1.29 is 9.53 Å². The van der Waals surface area contributed by atoms with Crippen molar-refractivity contribution in [1.82, 2.24) is 10.4 Å². The SMILES string of the molecule is C[C@H](N)C(=O)NN1CCOCC1. The standard InChI is InChI=1S/C7H15N3O2/c1-6(8)7(11)9-10-2-4-12-5-3-10/h6H,2-5,8H2,1H3,(H,9,11)/t6-/m0/s1. The first-order chi connectivity index (χ1) is 5.70. The molecule has 0 spiro atoms. The first-order valence-electron chi connectivity index (χ1n) is 4.09. The van der Waals surface area contributed by atoms with Crippen LogP contribution in [0.2, 0.25) is 0 Å². The Kier molecular flexibility index (Phi) is 3.46. The molecule has 0 radical (unpaired) electrons. The topological polar surface area (TPSA) is 67.6 Å². The van der Waals surface area contributed by atoms with Crippen LogP contribution in [0.15, 0.2) is 0 Å². The highest BCUT2D eigenvalue weighted by molar-refractivity contribution is 5.80. The molecule has 0 aromatic rings. The number of morpholine rings is 1. The second kappa shape index (κ2) is 4.39. The zero-order valence-electron chi connectivity index (χ0n) is 7.25. The van der Waals surface area contributed by atoms with E-state index in [2.05, 4.69) is 5.43 Å². The predicted octanol–water partition coefficient (Wildman–Crippen LogP) is -1.30. The zero-order valence-corrected chi connectivity index (χ0v) is 7.25. The first kappa shape index (κ1) is 9.44. The Labute approximate surface area is 71.8 Å². The number of carbonyl (C=O) groups is 1. The van der Waals surface area contributed by atoms with Crippen LogP contribution < -0.4 is 11.2 Å². The number of rotatable bonds is 2. The Balaban J connectivity index is 2.24. The van der Waals surface area contributed by atoms with Gasteiger partial charge in [-0.1, -0.05) is 0 Å². The van der Waals surface area contributed by atoms with Crippen molar-refractivity contribution in [3.05, 3.63) is 0 Å². The van der Waals surface area contributed by atoms with Crippen LogP contribution in [0, 0.1) is 0 Å². The van der Waals surface area contributed by atoms with E-state index in [4.69, 9.17) is 10.5 Å². The van der Waals surface area contributed by atoms with Gasteiger partial charge in [0.15, 0.2) is 0 Å². The van der Waals surface area contributed by atoms with Gasteiger partial charge in [0.25, 0.3) is 5.91 Å². The number of nitrogens with zero attached hydrogens (tertiary/aromatic N) is 1. The Morgan fingerprint density at radius 3 is 2.67 bits per heavy atom. The number of hydrogen-bond acceptors (Lipinski definition) is 4. The number of nitrogens with two attached hydrogens (primary N) is 1. The molecule has 1 amide bonds. The lowest BCUT2D eigenvalue weighted by molar-refractivity contribution is -0.128. The molecule has 70 valence electrons. The van der Waals surface area contributed by atoms with E-state index in [0.717, 1.165) is 13.1 Å². The van der Waals surface area contributed by atoms with Gasteiger partial charge in [0.05, 0.1) is 19.3 Å². The Morgan fingerprint density at radius 1 is 1.58 bits per heavy atom. The van der Waals surface area contributed by atoms with E-state index < -0.39 is 6.04 Å². The molecule has 0 unspecified atom stereocenters. The summed E-state index contributed by atoms with van der Waals surface area (Å²) in [5.41, 5.74) is 8.09. The normalized spacial score (nSPS) is 21.8. The molecular weight excluding hydrogens is 158 g/mol. The molecular formula is C7H15N3O2. The molecule has 0 saturated carbocycles. The van der Waals surface area contributed by atoms with Crippen molar-refractivity contribution in [1.29, 1.82) is 0 Å². The Morgan fingerprint density at radius 2 is 2.17 bits per heavy atom. The van der Waals surface area contributed by atoms with Gasteiger partial charge in [-0.05, 0) is 6.92 Å². The molecule has 1 atom stereocenters. The van der Waals surface area contributed by atoms with Crippen LogP contribution in [0.5, 0.6) is 0 Å². The Bertz CT molecular complexity index is 155. The van der Waals surface area contributed by atoms with E-state index in [9.17, 15) is 4.79 Å². The summed E-state index contributed by atoms with van der Waals surface area (Å²) < 4.78 is 5.12. The lowest BCUT2D eigenvalue weighted by atomic mass is 10.3. The lowest BCUT2D eigenvalue weighted by Gasteiger charge is -2.27. The van der Waals surface area contributed by atoms with E-state index in [1.807, 2.05) is 5.01 Å². The molecule has 1 saturated heterocycles. The summed E-state index contributed by atoms with van der Waals surface area (Å²) in [6, 6.07) is -0.451. The summed E-state index contributed by atoms with van der Waals surface area (Å²) in [6.45, 7) is 4.46. The van der Waals surface area contributed by atoms with E-state index in [1.165, 1.54) is 0 Å². The van der Waals surface area contributed by atoms with E-state index in [1.54, 1.807) is 6.92 Å². The molecule has 1 rings (SSSR count). The van der Waals surface area contributed by atoms with Crippen LogP contribution in [-0.4, -0.2) is 43.3 Å². The lowest BCUT2D eigenvalue weighted by Crippen LogP contribution is -2.52. The maximum Gasteiger partial charge on any atom is 0.250 e. The molecule has 5 heteroatoms. The third kappa shape index (κ3) is 2.77. The summed E-state index contributed by atoms with van der Waals surface area (Å²) in [4.78, 5) is 11.1. The minimum absolute atomic E-state index is 0.142. The van der Waals surface area contributed by atoms with Gasteiger partial charge in [0.1, 0.15) is 0 Å². The average molecular weight is 173 g/mol. The number of amides is 1. The fraction of sp³-hybridized carbons (Fsp3) is 0.857. The van der Waals surface area contributed by atoms with Crippen LogP contribution in [0.4, 0.5) is 0 Å². The highest BCUT2D eigenvalue weighted by Gasteiger charge is 2.14. The monoisotopic (exact) mass is 173 g/mol. The van der Waals surface area contributed by atoms with Crippen LogP contribution in [0.1, 0.15) is 6.92 Å². The smallest absolute Gasteiger partial charge is 0.250 e. The average Bonchev–Trinajstić information content (AvgIpc) is 2.06. The number of hydrogen-bond donors (Lipinski definition) is 2. The van der Waals surface area contributed by atoms with Crippen LogP contribution in [0.25, 0.3) is 0 Å². The molecule has 0 bridgehead atoms. The van der Waals surface area contributed by atoms with Crippen LogP contribution in [-0.2, 0) is 9.53 Å². The molecule has 1 fully saturated rings. The minimum Gasteiger partial charge on any atom is -0.379 e. The highest BCUT2D eigenvalue weighted by Crippen LogP contribution is 1.92. The van der Waals surface area contributed by atoms with Crippen molar-refractivity contribution in [3.63, 3.8) is 0 Å². The van der Waals surface area contributed by atoms with Gasteiger partial charge in [-0.3, -0.25) is 10.2 Å². The van der Waals surface area contributed by atoms with Crippen molar-refractivity contribution in [2.24, 2.45) is 5.73 Å². The van der Waals surface area contributed by atoms with Crippen LogP contribution >= 0.6 is 0 Å². The molecule has 0 aromatic heterocycles. The zero-order chi connectivity index (χ0) is 8.97. The molecule has 5 nitrogen and oxygen atoms in total. The van der Waals surface area contributed by atoms with Gasteiger partial charge in [-0.2, -0.15) is 0 Å². The van der Waals surface area contributed by atoms with Crippen molar-refractivity contribution in [3.8, 4) is 0 Å². The van der Waals surface area contributed by atoms with Crippen molar-refractivity contribution in [2.75, 3.05) is 26.3 Å². The van der Waals surface area contributed by atoms with Crippen molar-refractivity contribution in [2.45, 2.75) is 13.0 Å². The fourth-order valence-electron chi connectivity index (χ4n) is 0.933. The van der Waals surface area contributed by atoms with Crippen LogP contribution in [0.3, 0.4) is 0 Å². The van der Waals surface area contributed by atoms with Gasteiger partial charge in [-0.15, -0.1) is 0 Å². The molecule has 1 aliphatic rings. The molecule has 0 aromatic carbocycles. The number of carbonyl (C=O) groups excluding carboxylic acids is 1. The molecule has 1 aliphatic heterocycles.